The fourth-order valence-corrected chi connectivity index (χ4v) is 3.25. The Balaban J connectivity index is 1.82. The molecule has 2 rings (SSSR count). The Kier molecular flexibility index (Phi) is 5.49. The number of benzene rings is 1. The van der Waals surface area contributed by atoms with Gasteiger partial charge in [-0.05, 0) is 32.3 Å². The number of carbonyl (C=O) groups is 1. The van der Waals surface area contributed by atoms with Crippen LogP contribution in [0, 0.1) is 0 Å². The molecule has 0 spiro atoms. The molecule has 1 atom stereocenters. The Bertz CT molecular complexity index is 427. The number of thioether (sulfide) groups is 1. The third-order valence-corrected chi connectivity index (χ3v) is 4.64. The fourth-order valence-electron chi connectivity index (χ4n) is 2.32. The third kappa shape index (κ3) is 4.84. The van der Waals surface area contributed by atoms with E-state index in [0.717, 1.165) is 30.9 Å². The third-order valence-electron chi connectivity index (χ3n) is 3.58. The first-order chi connectivity index (χ1) is 9.57. The lowest BCUT2D eigenvalue weighted by Crippen LogP contribution is -2.54. The summed E-state index contributed by atoms with van der Waals surface area (Å²) < 4.78 is 0. The van der Waals surface area contributed by atoms with Crippen molar-refractivity contribution < 1.29 is 4.79 Å². The van der Waals surface area contributed by atoms with Crippen LogP contribution in [0.4, 0.5) is 0 Å². The van der Waals surface area contributed by atoms with E-state index in [-0.39, 0.29) is 17.5 Å². The Morgan fingerprint density at radius 2 is 2.15 bits per heavy atom. The van der Waals surface area contributed by atoms with Crippen LogP contribution in [0.1, 0.15) is 25.8 Å². The van der Waals surface area contributed by atoms with Crippen LogP contribution in [-0.4, -0.2) is 35.5 Å². The minimum absolute atomic E-state index is 0.0373. The maximum absolute atomic E-state index is 12.2. The standard InChI is InChI=1S/C16H24N2OS/c1-16(2,9-8-13-6-4-3-5-7-13)18-15(19)14-12-20-11-10-17-14/h3-7,14,17H,8-12H2,1-2H3,(H,18,19). The summed E-state index contributed by atoms with van der Waals surface area (Å²) >= 11 is 1.84. The highest BCUT2D eigenvalue weighted by molar-refractivity contribution is 7.99. The lowest BCUT2D eigenvalue weighted by molar-refractivity contribution is -0.124. The summed E-state index contributed by atoms with van der Waals surface area (Å²) in [5, 5.41) is 6.46. The quantitative estimate of drug-likeness (QED) is 0.874. The minimum Gasteiger partial charge on any atom is -0.350 e. The summed E-state index contributed by atoms with van der Waals surface area (Å²) in [5.41, 5.74) is 1.15. The molecule has 1 saturated heterocycles. The van der Waals surface area contributed by atoms with Crippen molar-refractivity contribution in [2.24, 2.45) is 0 Å². The van der Waals surface area contributed by atoms with Crippen LogP contribution < -0.4 is 10.6 Å². The number of rotatable bonds is 5. The van der Waals surface area contributed by atoms with Gasteiger partial charge in [0.2, 0.25) is 5.91 Å². The molecule has 0 saturated carbocycles. The molecule has 0 radical (unpaired) electrons. The van der Waals surface area contributed by atoms with Crippen molar-refractivity contribution >= 4 is 17.7 Å². The lowest BCUT2D eigenvalue weighted by atomic mass is 9.95. The van der Waals surface area contributed by atoms with Gasteiger partial charge in [0.25, 0.3) is 0 Å². The zero-order valence-electron chi connectivity index (χ0n) is 12.3. The van der Waals surface area contributed by atoms with Crippen LogP contribution in [0.2, 0.25) is 0 Å². The summed E-state index contributed by atoms with van der Waals surface area (Å²) in [6.45, 7) is 5.13. The molecule has 1 aliphatic rings. The van der Waals surface area contributed by atoms with Crippen LogP contribution >= 0.6 is 11.8 Å². The molecule has 1 heterocycles. The Hall–Kier alpha value is -1.000. The van der Waals surface area contributed by atoms with Gasteiger partial charge in [-0.25, -0.2) is 0 Å². The molecule has 0 bridgehead atoms. The van der Waals surface area contributed by atoms with Gasteiger partial charge in [0.1, 0.15) is 0 Å². The average Bonchev–Trinajstić information content (AvgIpc) is 2.47. The van der Waals surface area contributed by atoms with Crippen molar-refractivity contribution in [3.8, 4) is 0 Å². The first-order valence-corrected chi connectivity index (χ1v) is 8.39. The van der Waals surface area contributed by atoms with Crippen LogP contribution in [0.5, 0.6) is 0 Å². The molecule has 110 valence electrons. The van der Waals surface area contributed by atoms with Crippen LogP contribution in [0.25, 0.3) is 0 Å². The van der Waals surface area contributed by atoms with E-state index in [0.29, 0.717) is 0 Å². The number of hydrogen-bond donors (Lipinski definition) is 2. The monoisotopic (exact) mass is 292 g/mol. The van der Waals surface area contributed by atoms with Crippen LogP contribution in [-0.2, 0) is 11.2 Å². The van der Waals surface area contributed by atoms with Crippen LogP contribution in [0.3, 0.4) is 0 Å². The van der Waals surface area contributed by atoms with Gasteiger partial charge in [0.05, 0.1) is 6.04 Å². The van der Waals surface area contributed by atoms with E-state index in [1.807, 2.05) is 17.8 Å². The largest absolute Gasteiger partial charge is 0.350 e. The molecule has 0 aromatic heterocycles. The van der Waals surface area contributed by atoms with Gasteiger partial charge in [-0.3, -0.25) is 4.79 Å². The number of carbonyl (C=O) groups excluding carboxylic acids is 1. The summed E-state index contributed by atoms with van der Waals surface area (Å²) in [4.78, 5) is 12.2. The second-order valence-electron chi connectivity index (χ2n) is 5.94. The van der Waals surface area contributed by atoms with Crippen molar-refractivity contribution in [1.29, 1.82) is 0 Å². The number of amides is 1. The first-order valence-electron chi connectivity index (χ1n) is 7.24. The number of aryl methyl sites for hydroxylation is 1. The molecule has 1 fully saturated rings. The van der Waals surface area contributed by atoms with Gasteiger partial charge in [-0.1, -0.05) is 30.3 Å². The second kappa shape index (κ2) is 7.14. The molecule has 1 amide bonds. The van der Waals surface area contributed by atoms with Gasteiger partial charge in [0, 0.05) is 23.6 Å². The smallest absolute Gasteiger partial charge is 0.238 e. The normalized spacial score (nSPS) is 19.6. The molecule has 1 unspecified atom stereocenters. The minimum atomic E-state index is -0.170. The van der Waals surface area contributed by atoms with Crippen LogP contribution in [0.15, 0.2) is 30.3 Å². The molecular formula is C16H24N2OS. The van der Waals surface area contributed by atoms with Crippen molar-refractivity contribution in [2.45, 2.75) is 38.3 Å². The highest BCUT2D eigenvalue weighted by Crippen LogP contribution is 2.15. The lowest BCUT2D eigenvalue weighted by Gasteiger charge is -2.30. The molecule has 3 nitrogen and oxygen atoms in total. The maximum Gasteiger partial charge on any atom is 0.238 e. The summed E-state index contributed by atoms with van der Waals surface area (Å²) in [7, 11) is 0. The predicted molar refractivity (Wildman–Crippen MR) is 86.1 cm³/mol. The fraction of sp³-hybridized carbons (Fsp3) is 0.562. The van der Waals surface area contributed by atoms with E-state index < -0.39 is 0 Å². The summed E-state index contributed by atoms with van der Waals surface area (Å²) in [6.07, 6.45) is 1.93. The van der Waals surface area contributed by atoms with E-state index in [9.17, 15) is 4.79 Å². The molecule has 2 N–H and O–H groups in total. The van der Waals surface area contributed by atoms with Crippen molar-refractivity contribution in [3.63, 3.8) is 0 Å². The number of hydrogen-bond acceptors (Lipinski definition) is 3. The molecular weight excluding hydrogens is 268 g/mol. The van der Waals surface area contributed by atoms with Gasteiger partial charge in [-0.15, -0.1) is 0 Å². The van der Waals surface area contributed by atoms with Gasteiger partial charge >= 0.3 is 0 Å². The highest BCUT2D eigenvalue weighted by Gasteiger charge is 2.26. The molecule has 4 heteroatoms. The topological polar surface area (TPSA) is 41.1 Å². The van der Waals surface area contributed by atoms with E-state index in [1.54, 1.807) is 0 Å². The van der Waals surface area contributed by atoms with Crippen molar-refractivity contribution in [2.75, 3.05) is 18.1 Å². The van der Waals surface area contributed by atoms with E-state index >= 15 is 0 Å². The molecule has 0 aliphatic carbocycles. The highest BCUT2D eigenvalue weighted by atomic mass is 32.2. The predicted octanol–water partition coefficient (Wildman–Crippen LogP) is 2.22. The Labute approximate surface area is 125 Å². The first kappa shape index (κ1) is 15.4. The maximum atomic E-state index is 12.2. The Morgan fingerprint density at radius 3 is 2.80 bits per heavy atom. The van der Waals surface area contributed by atoms with E-state index in [2.05, 4.69) is 48.7 Å². The zero-order valence-corrected chi connectivity index (χ0v) is 13.1. The zero-order chi connectivity index (χ0) is 14.4. The molecule has 1 aliphatic heterocycles. The van der Waals surface area contributed by atoms with Gasteiger partial charge in [0.15, 0.2) is 0 Å². The Morgan fingerprint density at radius 1 is 1.40 bits per heavy atom. The van der Waals surface area contributed by atoms with E-state index in [4.69, 9.17) is 0 Å². The SMILES string of the molecule is CC(C)(CCc1ccccc1)NC(=O)C1CSCCN1. The molecule has 1 aromatic carbocycles. The van der Waals surface area contributed by atoms with Crippen molar-refractivity contribution in [3.05, 3.63) is 35.9 Å². The van der Waals surface area contributed by atoms with E-state index in [1.165, 1.54) is 5.56 Å². The summed E-state index contributed by atoms with van der Waals surface area (Å²) in [5.74, 6) is 2.11. The van der Waals surface area contributed by atoms with Gasteiger partial charge in [-0.2, -0.15) is 11.8 Å². The molecule has 1 aromatic rings. The average molecular weight is 292 g/mol. The van der Waals surface area contributed by atoms with Gasteiger partial charge < -0.3 is 10.6 Å². The van der Waals surface area contributed by atoms with Crippen molar-refractivity contribution in [1.82, 2.24) is 10.6 Å². The summed E-state index contributed by atoms with van der Waals surface area (Å²) in [6, 6.07) is 10.4. The molecule has 20 heavy (non-hydrogen) atoms. The number of nitrogens with one attached hydrogen (secondary N) is 2. The second-order valence-corrected chi connectivity index (χ2v) is 7.09.